The number of rotatable bonds is 6. The summed E-state index contributed by atoms with van der Waals surface area (Å²) in [5.41, 5.74) is -0.180. The predicted octanol–water partition coefficient (Wildman–Crippen LogP) is 3.79. The number of benzene rings is 1. The van der Waals surface area contributed by atoms with Crippen LogP contribution in [0, 0.1) is 5.92 Å². The minimum Gasteiger partial charge on any atom is -0.497 e. The van der Waals surface area contributed by atoms with Gasteiger partial charge in [0.2, 0.25) is 5.91 Å². The van der Waals surface area contributed by atoms with E-state index in [1.165, 1.54) is 0 Å². The van der Waals surface area contributed by atoms with Crippen LogP contribution in [0.3, 0.4) is 0 Å². The number of ether oxygens (including phenoxy) is 1. The highest BCUT2D eigenvalue weighted by Gasteiger charge is 2.55. The first-order valence-corrected chi connectivity index (χ1v) is 11.4. The fourth-order valence-corrected chi connectivity index (χ4v) is 5.20. The molecule has 2 unspecified atom stereocenters. The summed E-state index contributed by atoms with van der Waals surface area (Å²) in [5, 5.41) is 4.87. The van der Waals surface area contributed by atoms with Crippen molar-refractivity contribution in [3.63, 3.8) is 0 Å². The summed E-state index contributed by atoms with van der Waals surface area (Å²) in [6.07, 6.45) is 3.47. The van der Waals surface area contributed by atoms with Crippen LogP contribution in [-0.2, 0) is 16.1 Å². The van der Waals surface area contributed by atoms with Crippen LogP contribution in [0.15, 0.2) is 41.8 Å². The van der Waals surface area contributed by atoms with Crippen LogP contribution in [0.5, 0.6) is 5.75 Å². The molecule has 1 aromatic heterocycles. The Bertz CT molecular complexity index is 960. The van der Waals surface area contributed by atoms with Gasteiger partial charge in [-0.15, -0.1) is 11.3 Å². The second-order valence-electron chi connectivity index (χ2n) is 8.20. The molecule has 1 aromatic carbocycles. The van der Waals surface area contributed by atoms with Crippen LogP contribution in [0.2, 0.25) is 0 Å². The topological polar surface area (TPSA) is 79.0 Å². The number of hydrogen-bond acceptors (Lipinski definition) is 5. The minimum absolute atomic E-state index is 0.0570. The zero-order valence-electron chi connectivity index (χ0n) is 17.8. The number of carbonyl (C=O) groups excluding carboxylic acids is 3. The first-order valence-electron chi connectivity index (χ1n) is 10.6. The first-order chi connectivity index (χ1) is 14.9. The highest BCUT2D eigenvalue weighted by atomic mass is 32.1. The molecular weight excluding hydrogens is 414 g/mol. The van der Waals surface area contributed by atoms with Crippen molar-refractivity contribution >= 4 is 34.9 Å². The monoisotopic (exact) mass is 441 g/mol. The number of carbonyl (C=O) groups is 3. The van der Waals surface area contributed by atoms with Gasteiger partial charge in [0.15, 0.2) is 0 Å². The largest absolute Gasteiger partial charge is 0.497 e. The van der Waals surface area contributed by atoms with Gasteiger partial charge < -0.3 is 15.0 Å². The van der Waals surface area contributed by atoms with Gasteiger partial charge in [-0.1, -0.05) is 25.8 Å². The van der Waals surface area contributed by atoms with Gasteiger partial charge in [-0.05, 0) is 54.5 Å². The third-order valence-electron chi connectivity index (χ3n) is 6.37. The lowest BCUT2D eigenvalue weighted by Crippen LogP contribution is -2.54. The van der Waals surface area contributed by atoms with Gasteiger partial charge in [0, 0.05) is 10.6 Å². The number of imide groups is 1. The number of thiophene rings is 1. The zero-order chi connectivity index (χ0) is 22.0. The summed E-state index contributed by atoms with van der Waals surface area (Å²) >= 11 is 1.55. The van der Waals surface area contributed by atoms with Crippen molar-refractivity contribution in [2.45, 2.75) is 44.7 Å². The molecule has 2 heterocycles. The van der Waals surface area contributed by atoms with E-state index < -0.39 is 11.6 Å². The lowest BCUT2D eigenvalue weighted by molar-refractivity contribution is -0.136. The van der Waals surface area contributed by atoms with Crippen molar-refractivity contribution in [1.29, 1.82) is 0 Å². The molecule has 2 aromatic rings. The summed E-state index contributed by atoms with van der Waals surface area (Å²) < 4.78 is 5.22. The molecule has 0 bridgehead atoms. The first kappa shape index (κ1) is 21.4. The standard InChI is InChI=1S/C23H27N3O4S/c1-16-6-3-4-12-23(16)21(28)26(22(29)24-23)15-20(27)25(14-19-7-5-13-31-19)17-8-10-18(30-2)11-9-17/h5,7-11,13,16H,3-4,6,12,14-15H2,1-2H3,(H,24,29). The van der Waals surface area contributed by atoms with Gasteiger partial charge in [0.1, 0.15) is 17.8 Å². The smallest absolute Gasteiger partial charge is 0.325 e. The lowest BCUT2D eigenvalue weighted by atomic mass is 9.73. The van der Waals surface area contributed by atoms with Gasteiger partial charge in [0.25, 0.3) is 5.91 Å². The number of nitrogens with one attached hydrogen (secondary N) is 1. The number of hydrogen-bond donors (Lipinski definition) is 1. The minimum atomic E-state index is -0.867. The molecule has 1 saturated carbocycles. The van der Waals surface area contributed by atoms with Crippen LogP contribution in [0.25, 0.3) is 0 Å². The Morgan fingerprint density at radius 3 is 2.68 bits per heavy atom. The van der Waals surface area contributed by atoms with E-state index in [2.05, 4.69) is 5.32 Å². The highest BCUT2D eigenvalue weighted by molar-refractivity contribution is 7.09. The fraction of sp³-hybridized carbons (Fsp3) is 0.435. The van der Waals surface area contributed by atoms with Crippen LogP contribution in [-0.4, -0.2) is 41.9 Å². The van der Waals surface area contributed by atoms with Crippen molar-refractivity contribution in [2.24, 2.45) is 5.92 Å². The molecule has 4 amide bonds. The summed E-state index contributed by atoms with van der Waals surface area (Å²) in [4.78, 5) is 43.0. The normalized spacial score (nSPS) is 23.2. The molecule has 0 radical (unpaired) electrons. The molecule has 4 rings (SSSR count). The van der Waals surface area contributed by atoms with E-state index >= 15 is 0 Å². The van der Waals surface area contributed by atoms with Crippen LogP contribution < -0.4 is 15.0 Å². The SMILES string of the molecule is COc1ccc(N(Cc2cccs2)C(=O)CN2C(=O)NC3(CCCCC3C)C2=O)cc1. The molecule has 1 N–H and O–H groups in total. The van der Waals surface area contributed by atoms with Crippen LogP contribution >= 0.6 is 11.3 Å². The van der Waals surface area contributed by atoms with Gasteiger partial charge >= 0.3 is 6.03 Å². The van der Waals surface area contributed by atoms with Gasteiger partial charge in [-0.25, -0.2) is 4.79 Å². The Balaban J connectivity index is 1.56. The van der Waals surface area contributed by atoms with Crippen molar-refractivity contribution in [2.75, 3.05) is 18.6 Å². The Morgan fingerprint density at radius 1 is 1.26 bits per heavy atom. The Hall–Kier alpha value is -2.87. The number of amides is 4. The molecule has 1 aliphatic heterocycles. The van der Waals surface area contributed by atoms with Crippen molar-refractivity contribution in [1.82, 2.24) is 10.2 Å². The Morgan fingerprint density at radius 2 is 2.03 bits per heavy atom. The Labute approximate surface area is 186 Å². The number of anilines is 1. The van der Waals surface area contributed by atoms with E-state index in [4.69, 9.17) is 4.74 Å². The molecule has 31 heavy (non-hydrogen) atoms. The van der Waals surface area contributed by atoms with Crippen molar-refractivity contribution < 1.29 is 19.1 Å². The average Bonchev–Trinajstić information content (AvgIpc) is 3.37. The molecule has 7 nitrogen and oxygen atoms in total. The van der Waals surface area contributed by atoms with Gasteiger partial charge in [0.05, 0.1) is 13.7 Å². The van der Waals surface area contributed by atoms with E-state index in [0.717, 1.165) is 29.0 Å². The summed E-state index contributed by atoms with van der Waals surface area (Å²) in [7, 11) is 1.59. The molecular formula is C23H27N3O4S. The van der Waals surface area contributed by atoms with Crippen LogP contribution in [0.4, 0.5) is 10.5 Å². The van der Waals surface area contributed by atoms with Crippen molar-refractivity contribution in [3.8, 4) is 5.75 Å². The fourth-order valence-electron chi connectivity index (χ4n) is 4.50. The predicted molar refractivity (Wildman–Crippen MR) is 119 cm³/mol. The highest BCUT2D eigenvalue weighted by Crippen LogP contribution is 2.38. The second-order valence-corrected chi connectivity index (χ2v) is 9.23. The average molecular weight is 442 g/mol. The second kappa shape index (κ2) is 8.70. The molecule has 2 fully saturated rings. The maximum absolute atomic E-state index is 13.3. The molecule has 2 aliphatic rings. The molecule has 1 saturated heterocycles. The quantitative estimate of drug-likeness (QED) is 0.692. The zero-order valence-corrected chi connectivity index (χ0v) is 18.6. The maximum atomic E-state index is 13.3. The molecule has 2 atom stereocenters. The summed E-state index contributed by atoms with van der Waals surface area (Å²) in [5.74, 6) is 0.169. The Kier molecular flexibility index (Phi) is 6.00. The summed E-state index contributed by atoms with van der Waals surface area (Å²) in [6, 6.07) is 10.6. The number of nitrogens with zero attached hydrogens (tertiary/aromatic N) is 2. The van der Waals surface area contributed by atoms with E-state index in [0.29, 0.717) is 24.4 Å². The maximum Gasteiger partial charge on any atom is 0.325 e. The van der Waals surface area contributed by atoms with Gasteiger partial charge in [-0.3, -0.25) is 14.5 Å². The third-order valence-corrected chi connectivity index (χ3v) is 7.24. The van der Waals surface area contributed by atoms with E-state index in [-0.39, 0.29) is 24.3 Å². The molecule has 1 spiro atoms. The third kappa shape index (κ3) is 4.04. The van der Waals surface area contributed by atoms with Crippen molar-refractivity contribution in [3.05, 3.63) is 46.7 Å². The molecule has 1 aliphatic carbocycles. The molecule has 8 heteroatoms. The van der Waals surface area contributed by atoms with E-state index in [1.54, 1.807) is 47.6 Å². The van der Waals surface area contributed by atoms with Crippen LogP contribution in [0.1, 0.15) is 37.5 Å². The van der Waals surface area contributed by atoms with E-state index in [1.807, 2.05) is 24.4 Å². The molecule has 164 valence electrons. The van der Waals surface area contributed by atoms with Gasteiger partial charge in [-0.2, -0.15) is 0 Å². The lowest BCUT2D eigenvalue weighted by Gasteiger charge is -2.36. The summed E-state index contributed by atoms with van der Waals surface area (Å²) in [6.45, 7) is 2.09. The number of methoxy groups -OCH3 is 1. The number of urea groups is 1. The van der Waals surface area contributed by atoms with E-state index in [9.17, 15) is 14.4 Å².